The first-order chi connectivity index (χ1) is 8.16. The number of rotatable bonds is 1. The fraction of sp³-hybridized carbons (Fsp3) is 0.364. The third-order valence-corrected chi connectivity index (χ3v) is 3.03. The van der Waals surface area contributed by atoms with Gasteiger partial charge < -0.3 is 15.4 Å². The number of morpholine rings is 1. The van der Waals surface area contributed by atoms with Crippen molar-refractivity contribution in [2.24, 2.45) is 10.7 Å². The summed E-state index contributed by atoms with van der Waals surface area (Å²) in [5.74, 6) is 0.442. The molecule has 1 aromatic carbocycles. The van der Waals surface area contributed by atoms with Crippen LogP contribution in [-0.2, 0) is 4.74 Å². The first kappa shape index (κ1) is 12.5. The Hall–Kier alpha value is -0.970. The van der Waals surface area contributed by atoms with Crippen molar-refractivity contribution in [1.29, 1.82) is 0 Å². The van der Waals surface area contributed by atoms with Gasteiger partial charge in [-0.3, -0.25) is 0 Å². The van der Waals surface area contributed by atoms with Gasteiger partial charge in [-0.15, -0.1) is 0 Å². The van der Waals surface area contributed by atoms with Crippen molar-refractivity contribution in [2.45, 2.75) is 0 Å². The molecule has 0 aromatic heterocycles. The molecule has 0 atom stereocenters. The zero-order valence-corrected chi connectivity index (χ0v) is 10.7. The van der Waals surface area contributed by atoms with Crippen LogP contribution >= 0.6 is 23.2 Å². The maximum atomic E-state index is 6.01. The summed E-state index contributed by atoms with van der Waals surface area (Å²) in [5.41, 5.74) is 6.50. The fourth-order valence-corrected chi connectivity index (χ4v) is 1.88. The Morgan fingerprint density at radius 3 is 2.71 bits per heavy atom. The molecule has 1 fully saturated rings. The Kier molecular flexibility index (Phi) is 4.10. The molecule has 1 saturated heterocycles. The molecule has 1 aliphatic rings. The van der Waals surface area contributed by atoms with Gasteiger partial charge in [0.1, 0.15) is 0 Å². The highest BCUT2D eigenvalue weighted by Gasteiger charge is 2.12. The van der Waals surface area contributed by atoms with Gasteiger partial charge in [-0.05, 0) is 18.2 Å². The Balaban J connectivity index is 2.19. The van der Waals surface area contributed by atoms with Crippen LogP contribution in [0.15, 0.2) is 23.2 Å². The first-order valence-corrected chi connectivity index (χ1v) is 6.04. The Bertz CT molecular complexity index is 431. The van der Waals surface area contributed by atoms with Crippen LogP contribution in [0.1, 0.15) is 0 Å². The molecule has 0 radical (unpaired) electrons. The van der Waals surface area contributed by atoms with Gasteiger partial charge in [0.2, 0.25) is 0 Å². The van der Waals surface area contributed by atoms with E-state index >= 15 is 0 Å². The quantitative estimate of drug-likeness (QED) is 0.631. The van der Waals surface area contributed by atoms with Gasteiger partial charge in [-0.1, -0.05) is 23.2 Å². The normalized spacial score (nSPS) is 17.3. The molecule has 1 heterocycles. The molecule has 2 N–H and O–H groups in total. The highest BCUT2D eigenvalue weighted by atomic mass is 35.5. The smallest absolute Gasteiger partial charge is 0.196 e. The molecule has 17 heavy (non-hydrogen) atoms. The van der Waals surface area contributed by atoms with E-state index in [0.29, 0.717) is 34.9 Å². The van der Waals surface area contributed by atoms with Crippen molar-refractivity contribution < 1.29 is 4.74 Å². The third kappa shape index (κ3) is 3.25. The van der Waals surface area contributed by atoms with Gasteiger partial charge in [0.15, 0.2) is 5.96 Å². The zero-order valence-electron chi connectivity index (χ0n) is 9.20. The number of hydrogen-bond acceptors (Lipinski definition) is 2. The van der Waals surface area contributed by atoms with E-state index in [9.17, 15) is 0 Å². The molecule has 6 heteroatoms. The maximum Gasteiger partial charge on any atom is 0.196 e. The molecule has 1 aromatic rings. The lowest BCUT2D eigenvalue weighted by atomic mass is 10.3. The van der Waals surface area contributed by atoms with Crippen molar-refractivity contribution in [3.8, 4) is 0 Å². The number of ether oxygens (including phenoxy) is 1. The largest absolute Gasteiger partial charge is 0.378 e. The van der Waals surface area contributed by atoms with E-state index in [-0.39, 0.29) is 0 Å². The van der Waals surface area contributed by atoms with E-state index < -0.39 is 0 Å². The molecular formula is C11H13Cl2N3O. The Morgan fingerprint density at radius 2 is 2.00 bits per heavy atom. The molecule has 0 amide bonds. The molecule has 4 nitrogen and oxygen atoms in total. The van der Waals surface area contributed by atoms with Crippen LogP contribution in [0.4, 0.5) is 5.69 Å². The summed E-state index contributed by atoms with van der Waals surface area (Å²) in [6.07, 6.45) is 0. The van der Waals surface area contributed by atoms with Crippen LogP contribution in [0.3, 0.4) is 0 Å². The summed E-state index contributed by atoms with van der Waals surface area (Å²) in [6.45, 7) is 2.82. The molecule has 0 saturated carbocycles. The minimum atomic E-state index is 0.442. The number of nitrogens with zero attached hydrogens (tertiary/aromatic N) is 2. The topological polar surface area (TPSA) is 50.8 Å². The summed E-state index contributed by atoms with van der Waals surface area (Å²) in [7, 11) is 0. The molecular weight excluding hydrogens is 261 g/mol. The van der Waals surface area contributed by atoms with Gasteiger partial charge in [0.05, 0.1) is 23.9 Å². The van der Waals surface area contributed by atoms with Crippen LogP contribution in [0.5, 0.6) is 0 Å². The second-order valence-corrected chi connectivity index (χ2v) is 4.51. The van der Waals surface area contributed by atoms with E-state index in [0.717, 1.165) is 13.1 Å². The lowest BCUT2D eigenvalue weighted by Gasteiger charge is -2.27. The molecule has 0 unspecified atom stereocenters. The number of hydrogen-bond donors (Lipinski definition) is 1. The highest BCUT2D eigenvalue weighted by molar-refractivity contribution is 6.35. The van der Waals surface area contributed by atoms with Crippen molar-refractivity contribution in [3.63, 3.8) is 0 Å². The number of halogens is 2. The summed E-state index contributed by atoms with van der Waals surface area (Å²) >= 11 is 11.9. The van der Waals surface area contributed by atoms with Crippen molar-refractivity contribution in [1.82, 2.24) is 4.90 Å². The van der Waals surface area contributed by atoms with E-state index in [2.05, 4.69) is 4.99 Å². The molecule has 0 aliphatic carbocycles. The number of benzene rings is 1. The SMILES string of the molecule is NC(=Nc1cc(Cl)ccc1Cl)N1CCOCC1. The minimum Gasteiger partial charge on any atom is -0.378 e. The van der Waals surface area contributed by atoms with E-state index in [4.69, 9.17) is 33.7 Å². The summed E-state index contributed by atoms with van der Waals surface area (Å²) in [5, 5.41) is 1.12. The molecule has 0 bridgehead atoms. The lowest BCUT2D eigenvalue weighted by molar-refractivity contribution is 0.0675. The number of aliphatic imine (C=N–C) groups is 1. The summed E-state index contributed by atoms with van der Waals surface area (Å²) < 4.78 is 5.24. The Labute approximate surface area is 110 Å². The van der Waals surface area contributed by atoms with Gasteiger partial charge in [-0.25, -0.2) is 4.99 Å². The number of guanidine groups is 1. The fourth-order valence-electron chi connectivity index (χ4n) is 1.56. The van der Waals surface area contributed by atoms with E-state index in [1.807, 2.05) is 4.90 Å². The Morgan fingerprint density at radius 1 is 1.29 bits per heavy atom. The number of nitrogens with two attached hydrogens (primary N) is 1. The molecule has 92 valence electrons. The van der Waals surface area contributed by atoms with Gasteiger partial charge in [0, 0.05) is 18.1 Å². The minimum absolute atomic E-state index is 0.442. The van der Waals surface area contributed by atoms with Crippen molar-refractivity contribution in [2.75, 3.05) is 26.3 Å². The average Bonchev–Trinajstić information content (AvgIpc) is 2.35. The van der Waals surface area contributed by atoms with Crippen LogP contribution in [0.2, 0.25) is 10.0 Å². The second-order valence-electron chi connectivity index (χ2n) is 3.67. The maximum absolute atomic E-state index is 6.01. The molecule has 1 aliphatic heterocycles. The van der Waals surface area contributed by atoms with Gasteiger partial charge in [0.25, 0.3) is 0 Å². The second kappa shape index (κ2) is 5.58. The lowest BCUT2D eigenvalue weighted by Crippen LogP contribution is -2.44. The van der Waals surface area contributed by atoms with Gasteiger partial charge in [-0.2, -0.15) is 0 Å². The van der Waals surface area contributed by atoms with Crippen molar-refractivity contribution >= 4 is 34.8 Å². The van der Waals surface area contributed by atoms with E-state index in [1.54, 1.807) is 18.2 Å². The zero-order chi connectivity index (χ0) is 12.3. The predicted octanol–water partition coefficient (Wildman–Crippen LogP) is 2.27. The standard InChI is InChI=1S/C11H13Cl2N3O/c12-8-1-2-9(13)10(7-8)15-11(14)16-3-5-17-6-4-16/h1-2,7H,3-6H2,(H2,14,15). The average molecular weight is 274 g/mol. The summed E-state index contributed by atoms with van der Waals surface area (Å²) in [4.78, 5) is 6.25. The van der Waals surface area contributed by atoms with Gasteiger partial charge >= 0.3 is 0 Å². The summed E-state index contributed by atoms with van der Waals surface area (Å²) in [6, 6.07) is 5.11. The highest BCUT2D eigenvalue weighted by Crippen LogP contribution is 2.28. The molecule has 0 spiro atoms. The monoisotopic (exact) mass is 273 g/mol. The van der Waals surface area contributed by atoms with Crippen LogP contribution in [0.25, 0.3) is 0 Å². The van der Waals surface area contributed by atoms with Crippen molar-refractivity contribution in [3.05, 3.63) is 28.2 Å². The van der Waals surface area contributed by atoms with Crippen LogP contribution in [-0.4, -0.2) is 37.2 Å². The predicted molar refractivity (Wildman–Crippen MR) is 70.1 cm³/mol. The first-order valence-electron chi connectivity index (χ1n) is 5.29. The van der Waals surface area contributed by atoms with Crippen LogP contribution < -0.4 is 5.73 Å². The third-order valence-electron chi connectivity index (χ3n) is 2.48. The van der Waals surface area contributed by atoms with Crippen LogP contribution in [0, 0.1) is 0 Å². The molecule has 2 rings (SSSR count). The van der Waals surface area contributed by atoms with E-state index in [1.165, 1.54) is 0 Å².